The van der Waals surface area contributed by atoms with E-state index < -0.39 is 0 Å². The Morgan fingerprint density at radius 2 is 1.44 bits per heavy atom. The van der Waals surface area contributed by atoms with Gasteiger partial charge in [0.15, 0.2) is 11.6 Å². The largest absolute Gasteiger partial charge is 0.490 e. The Kier molecular flexibility index (Phi) is 14.9. The highest BCUT2D eigenvalue weighted by Gasteiger charge is 2.34. The van der Waals surface area contributed by atoms with Crippen LogP contribution in [0.4, 0.5) is 0 Å². The summed E-state index contributed by atoms with van der Waals surface area (Å²) in [6.07, 6.45) is 20.9. The number of cyclic esters (lactones) is 1. The molecule has 0 saturated carbocycles. The van der Waals surface area contributed by atoms with Crippen molar-refractivity contribution in [3.8, 4) is 17.1 Å². The fourth-order valence-corrected chi connectivity index (χ4v) is 5.03. The van der Waals surface area contributed by atoms with E-state index in [2.05, 4.69) is 35.9 Å². The Balaban J connectivity index is 1.31. The third-order valence-electron chi connectivity index (χ3n) is 7.50. The summed E-state index contributed by atoms with van der Waals surface area (Å²) in [6.45, 7) is 6.45. The molecule has 0 spiro atoms. The number of carbonyl (C=O) groups is 1. The van der Waals surface area contributed by atoms with Gasteiger partial charge < -0.3 is 14.2 Å². The Morgan fingerprint density at radius 3 is 2.13 bits per heavy atom. The molecule has 0 N–H and O–H groups in total. The van der Waals surface area contributed by atoms with Crippen LogP contribution in [0.25, 0.3) is 11.4 Å². The van der Waals surface area contributed by atoms with Crippen LogP contribution in [0.1, 0.15) is 109 Å². The van der Waals surface area contributed by atoms with Crippen molar-refractivity contribution in [2.45, 2.75) is 116 Å². The van der Waals surface area contributed by atoms with Gasteiger partial charge in [0.25, 0.3) is 0 Å². The second kappa shape index (κ2) is 18.8. The summed E-state index contributed by atoms with van der Waals surface area (Å²) in [4.78, 5) is 21.3. The van der Waals surface area contributed by atoms with Crippen molar-refractivity contribution in [3.63, 3.8) is 0 Å². The molecule has 39 heavy (non-hydrogen) atoms. The first-order chi connectivity index (χ1) is 19.2. The second-order valence-corrected chi connectivity index (χ2v) is 10.9. The van der Waals surface area contributed by atoms with Crippen molar-refractivity contribution >= 4 is 5.97 Å². The van der Waals surface area contributed by atoms with E-state index in [4.69, 9.17) is 14.2 Å². The maximum Gasteiger partial charge on any atom is 0.309 e. The normalized spacial score (nSPS) is 16.9. The van der Waals surface area contributed by atoms with Crippen molar-refractivity contribution in [1.29, 1.82) is 0 Å². The third-order valence-corrected chi connectivity index (χ3v) is 7.50. The average molecular weight is 539 g/mol. The van der Waals surface area contributed by atoms with Gasteiger partial charge in [0, 0.05) is 12.2 Å². The SMILES string of the molecule is CCCCCCCCCCOc1cnc(-c2ccc(CC[C@H]3C[C@H](COCCCCCC)OC3=O)cc2)nc1. The molecule has 1 saturated heterocycles. The van der Waals surface area contributed by atoms with E-state index >= 15 is 0 Å². The van der Waals surface area contributed by atoms with E-state index in [1.54, 1.807) is 12.4 Å². The van der Waals surface area contributed by atoms with E-state index in [1.165, 1.54) is 69.8 Å². The molecular weight excluding hydrogens is 488 g/mol. The molecule has 6 heteroatoms. The molecule has 1 aromatic carbocycles. The Labute approximate surface area is 236 Å². The Bertz CT molecular complexity index is 916. The van der Waals surface area contributed by atoms with Crippen LogP contribution in [0.15, 0.2) is 36.7 Å². The van der Waals surface area contributed by atoms with Crippen LogP contribution >= 0.6 is 0 Å². The van der Waals surface area contributed by atoms with Gasteiger partial charge in [0.1, 0.15) is 6.10 Å². The Morgan fingerprint density at radius 1 is 0.821 bits per heavy atom. The zero-order valence-corrected chi connectivity index (χ0v) is 24.4. The van der Waals surface area contributed by atoms with E-state index in [0.29, 0.717) is 19.0 Å². The number of hydrogen-bond acceptors (Lipinski definition) is 6. The first kappa shape index (κ1) is 31.1. The van der Waals surface area contributed by atoms with Crippen LogP contribution in [0.2, 0.25) is 0 Å². The van der Waals surface area contributed by atoms with Gasteiger partial charge in [0.05, 0.1) is 31.5 Å². The maximum absolute atomic E-state index is 12.3. The van der Waals surface area contributed by atoms with Gasteiger partial charge in [-0.1, -0.05) is 102 Å². The summed E-state index contributed by atoms with van der Waals surface area (Å²) in [6, 6.07) is 8.30. The molecule has 216 valence electrons. The quantitative estimate of drug-likeness (QED) is 0.118. The fourth-order valence-electron chi connectivity index (χ4n) is 5.03. The van der Waals surface area contributed by atoms with Crippen molar-refractivity contribution in [3.05, 3.63) is 42.2 Å². The molecule has 0 radical (unpaired) electrons. The van der Waals surface area contributed by atoms with Crippen molar-refractivity contribution in [1.82, 2.24) is 9.97 Å². The molecule has 0 bridgehead atoms. The highest BCUT2D eigenvalue weighted by Crippen LogP contribution is 2.26. The lowest BCUT2D eigenvalue weighted by Gasteiger charge is -2.09. The summed E-state index contributed by atoms with van der Waals surface area (Å²) in [5.41, 5.74) is 2.18. The first-order valence-corrected chi connectivity index (χ1v) is 15.5. The minimum absolute atomic E-state index is 0.0416. The molecule has 2 aromatic rings. The minimum Gasteiger partial charge on any atom is -0.490 e. The zero-order chi connectivity index (χ0) is 27.5. The molecule has 6 nitrogen and oxygen atoms in total. The molecule has 1 fully saturated rings. The van der Waals surface area contributed by atoms with Crippen LogP contribution in [0.5, 0.6) is 5.75 Å². The van der Waals surface area contributed by atoms with E-state index in [9.17, 15) is 4.79 Å². The molecule has 0 unspecified atom stereocenters. The van der Waals surface area contributed by atoms with Gasteiger partial charge in [-0.05, 0) is 37.7 Å². The summed E-state index contributed by atoms with van der Waals surface area (Å²) < 4.78 is 17.1. The van der Waals surface area contributed by atoms with E-state index in [0.717, 1.165) is 50.0 Å². The molecule has 1 aliphatic rings. The second-order valence-electron chi connectivity index (χ2n) is 10.9. The molecule has 2 heterocycles. The number of unbranched alkanes of at least 4 members (excludes halogenated alkanes) is 10. The first-order valence-electron chi connectivity index (χ1n) is 15.5. The predicted molar refractivity (Wildman–Crippen MR) is 157 cm³/mol. The molecule has 0 amide bonds. The molecule has 1 aromatic heterocycles. The summed E-state index contributed by atoms with van der Waals surface area (Å²) in [5.74, 6) is 1.30. The van der Waals surface area contributed by atoms with Crippen molar-refractivity contribution in [2.75, 3.05) is 19.8 Å². The van der Waals surface area contributed by atoms with Crippen LogP contribution in [0.3, 0.4) is 0 Å². The van der Waals surface area contributed by atoms with Crippen LogP contribution in [-0.4, -0.2) is 41.9 Å². The molecule has 2 atom stereocenters. The van der Waals surface area contributed by atoms with Gasteiger partial charge in [-0.3, -0.25) is 4.79 Å². The highest BCUT2D eigenvalue weighted by molar-refractivity contribution is 5.74. The Hall–Kier alpha value is -2.47. The van der Waals surface area contributed by atoms with E-state index in [1.807, 2.05) is 12.1 Å². The highest BCUT2D eigenvalue weighted by atomic mass is 16.6. The molecular formula is C33H50N2O4. The van der Waals surface area contributed by atoms with E-state index in [-0.39, 0.29) is 18.0 Å². The van der Waals surface area contributed by atoms with Crippen molar-refractivity contribution < 1.29 is 19.0 Å². The number of aromatic nitrogens is 2. The lowest BCUT2D eigenvalue weighted by molar-refractivity contribution is -0.146. The van der Waals surface area contributed by atoms with Gasteiger partial charge in [-0.2, -0.15) is 0 Å². The predicted octanol–water partition coefficient (Wildman–Crippen LogP) is 8.12. The number of nitrogens with zero attached hydrogens (tertiary/aromatic N) is 2. The number of benzene rings is 1. The lowest BCUT2D eigenvalue weighted by atomic mass is 9.96. The summed E-state index contributed by atoms with van der Waals surface area (Å²) in [7, 11) is 0. The van der Waals surface area contributed by atoms with Crippen LogP contribution < -0.4 is 4.74 Å². The maximum atomic E-state index is 12.3. The zero-order valence-electron chi connectivity index (χ0n) is 24.4. The summed E-state index contributed by atoms with van der Waals surface area (Å²) >= 11 is 0. The number of rotatable bonds is 21. The standard InChI is InChI=1S/C33H50N2O4/c1-3-5-7-9-10-11-12-14-22-38-31-24-34-32(35-25-31)28-18-15-27(16-19-28)17-20-29-23-30(39-33(29)36)26-37-21-13-8-6-4-2/h15-16,18-19,24-25,29-30H,3-14,17,20-23,26H2,1-2H3/t29-,30+/m0/s1. The van der Waals surface area contributed by atoms with Crippen LogP contribution in [0, 0.1) is 5.92 Å². The summed E-state index contributed by atoms with van der Waals surface area (Å²) in [5, 5.41) is 0. The van der Waals surface area contributed by atoms with Gasteiger partial charge in [0.2, 0.25) is 0 Å². The van der Waals surface area contributed by atoms with Crippen LogP contribution in [-0.2, 0) is 20.7 Å². The number of ether oxygens (including phenoxy) is 3. The molecule has 0 aliphatic carbocycles. The smallest absolute Gasteiger partial charge is 0.309 e. The van der Waals surface area contributed by atoms with Crippen molar-refractivity contribution in [2.24, 2.45) is 5.92 Å². The van der Waals surface area contributed by atoms with Gasteiger partial charge >= 0.3 is 5.97 Å². The number of aryl methyl sites for hydroxylation is 1. The molecule has 1 aliphatic heterocycles. The topological polar surface area (TPSA) is 70.5 Å². The monoisotopic (exact) mass is 538 g/mol. The minimum atomic E-state index is -0.0968. The molecule has 3 rings (SSSR count). The lowest BCUT2D eigenvalue weighted by Crippen LogP contribution is -2.15. The van der Waals surface area contributed by atoms with Gasteiger partial charge in [-0.15, -0.1) is 0 Å². The number of esters is 1. The fraction of sp³-hybridized carbons (Fsp3) is 0.667. The number of hydrogen-bond donors (Lipinski definition) is 0. The average Bonchev–Trinajstić information content (AvgIpc) is 3.32. The van der Waals surface area contributed by atoms with Gasteiger partial charge in [-0.25, -0.2) is 9.97 Å². The third kappa shape index (κ3) is 12.1. The number of carbonyl (C=O) groups excluding carboxylic acids is 1.